The third-order valence-electron chi connectivity index (χ3n) is 5.41. The molecule has 4 N–H and O–H groups in total. The monoisotopic (exact) mass is 600 g/mol. The van der Waals surface area contributed by atoms with Gasteiger partial charge in [0.1, 0.15) is 5.82 Å². The van der Waals surface area contributed by atoms with Crippen LogP contribution in [0.25, 0.3) is 0 Å². The zero-order chi connectivity index (χ0) is 29.1. The molecule has 2 aliphatic heterocycles. The molecule has 2 aromatic rings. The van der Waals surface area contributed by atoms with E-state index in [2.05, 4.69) is 22.9 Å². The second-order valence-electron chi connectivity index (χ2n) is 8.23. The van der Waals surface area contributed by atoms with Gasteiger partial charge in [-0.15, -0.1) is 11.3 Å². The summed E-state index contributed by atoms with van der Waals surface area (Å²) >= 11 is 9.57. The van der Waals surface area contributed by atoms with Crippen LogP contribution in [0.3, 0.4) is 0 Å². The van der Waals surface area contributed by atoms with Crippen molar-refractivity contribution >= 4 is 58.6 Å². The van der Waals surface area contributed by atoms with Crippen LogP contribution in [-0.2, 0) is 25.6 Å². The van der Waals surface area contributed by atoms with E-state index in [9.17, 15) is 23.6 Å². The van der Waals surface area contributed by atoms with Gasteiger partial charge in [-0.3, -0.25) is 4.90 Å². The Morgan fingerprint density at radius 1 is 0.897 bits per heavy atom. The smallest absolute Gasteiger partial charge is 0.328 e. The molecule has 10 nitrogen and oxygen atoms in total. The molecule has 1 aromatic heterocycles. The van der Waals surface area contributed by atoms with E-state index in [0.29, 0.717) is 30.3 Å². The van der Waals surface area contributed by atoms with Crippen LogP contribution >= 0.6 is 34.7 Å². The SMILES string of the molecule is CN1CCN(C2Cc3ccc(F)cc3Sc3sc(Cl)cc32)CC1.O=C(O)C=CC(=O)O.O=C(O)C=CC(=O)O. The number of likely N-dealkylation sites (N-methyl/N-ethyl adjacent to an activating group) is 1. The summed E-state index contributed by atoms with van der Waals surface area (Å²) in [6, 6.07) is 7.62. The van der Waals surface area contributed by atoms with Crippen molar-refractivity contribution in [2.75, 3.05) is 33.2 Å². The number of nitrogens with zero attached hydrogens (tertiary/aromatic N) is 2. The number of fused-ring (bicyclic) bond motifs is 2. The van der Waals surface area contributed by atoms with Gasteiger partial charge in [0.15, 0.2) is 0 Å². The van der Waals surface area contributed by atoms with E-state index >= 15 is 0 Å². The average molecular weight is 601 g/mol. The number of carboxylic acid groups (broad SMARTS) is 4. The lowest BCUT2D eigenvalue weighted by atomic mass is 9.99. The van der Waals surface area contributed by atoms with Crippen LogP contribution in [0.5, 0.6) is 0 Å². The van der Waals surface area contributed by atoms with Crippen LogP contribution < -0.4 is 0 Å². The third-order valence-corrected chi connectivity index (χ3v) is 8.01. The van der Waals surface area contributed by atoms with Crippen LogP contribution in [0.2, 0.25) is 4.34 Å². The standard InChI is InChI=1S/C17H18ClFN2S2.2C4H4O4/c1-20-4-6-21(7-5-20)14-8-11-2-3-12(19)9-15(11)22-17-13(14)10-16(18)23-17;2*5-3(6)1-2-4(7)8/h2-3,9-10,14H,4-8H2,1H3;2*1-2H,(H,5,6)(H,7,8). The van der Waals surface area contributed by atoms with Crippen molar-refractivity contribution in [3.8, 4) is 0 Å². The third kappa shape index (κ3) is 11.2. The van der Waals surface area contributed by atoms with Crippen molar-refractivity contribution < 1.29 is 44.0 Å². The van der Waals surface area contributed by atoms with Crippen molar-refractivity contribution in [3.63, 3.8) is 0 Å². The number of piperazine rings is 1. The van der Waals surface area contributed by atoms with Gasteiger partial charge in [-0.25, -0.2) is 23.6 Å². The molecule has 210 valence electrons. The highest BCUT2D eigenvalue weighted by molar-refractivity contribution is 8.01. The molecule has 0 amide bonds. The summed E-state index contributed by atoms with van der Waals surface area (Å²) < 4.78 is 15.7. The van der Waals surface area contributed by atoms with Crippen LogP contribution in [0, 0.1) is 5.82 Å². The zero-order valence-electron chi connectivity index (χ0n) is 20.6. The second kappa shape index (κ2) is 15.4. The Hall–Kier alpha value is -3.23. The molecule has 1 fully saturated rings. The van der Waals surface area contributed by atoms with Gasteiger partial charge in [-0.1, -0.05) is 29.4 Å². The highest BCUT2D eigenvalue weighted by atomic mass is 35.5. The number of aliphatic carboxylic acids is 4. The van der Waals surface area contributed by atoms with Crippen LogP contribution in [0.4, 0.5) is 4.39 Å². The lowest BCUT2D eigenvalue weighted by Crippen LogP contribution is -2.46. The average Bonchev–Trinajstić information content (AvgIpc) is 3.15. The summed E-state index contributed by atoms with van der Waals surface area (Å²) in [5.74, 6) is -5.20. The minimum absolute atomic E-state index is 0.168. The summed E-state index contributed by atoms with van der Waals surface area (Å²) in [5.41, 5.74) is 2.55. The number of carbonyl (C=O) groups is 4. The maximum absolute atomic E-state index is 13.7. The number of benzene rings is 1. The predicted molar refractivity (Wildman–Crippen MR) is 144 cm³/mol. The molecule has 1 atom stereocenters. The topological polar surface area (TPSA) is 156 Å². The number of rotatable bonds is 5. The van der Waals surface area contributed by atoms with Gasteiger partial charge in [0.2, 0.25) is 0 Å². The van der Waals surface area contributed by atoms with Crippen molar-refractivity contribution in [1.82, 2.24) is 9.80 Å². The first-order valence-electron chi connectivity index (χ1n) is 11.3. The molecule has 4 rings (SSSR count). The fraction of sp³-hybridized carbons (Fsp3) is 0.280. The summed E-state index contributed by atoms with van der Waals surface area (Å²) in [6.07, 6.45) is 3.15. The Morgan fingerprint density at radius 2 is 1.41 bits per heavy atom. The Balaban J connectivity index is 0.000000277. The molecule has 0 radical (unpaired) electrons. The van der Waals surface area contributed by atoms with Crippen molar-refractivity contribution in [2.24, 2.45) is 0 Å². The van der Waals surface area contributed by atoms with Gasteiger partial charge in [0.05, 0.1) is 8.55 Å². The molecular weight excluding hydrogens is 575 g/mol. The molecule has 0 spiro atoms. The predicted octanol–water partition coefficient (Wildman–Crippen LogP) is 3.96. The van der Waals surface area contributed by atoms with E-state index < -0.39 is 23.9 Å². The van der Waals surface area contributed by atoms with Crippen LogP contribution in [0.15, 0.2) is 57.7 Å². The minimum Gasteiger partial charge on any atom is -0.478 e. The van der Waals surface area contributed by atoms with Gasteiger partial charge in [-0.2, -0.15) is 0 Å². The summed E-state index contributed by atoms with van der Waals surface area (Å²) in [6.45, 7) is 4.31. The first-order valence-corrected chi connectivity index (χ1v) is 13.3. The maximum Gasteiger partial charge on any atom is 0.328 e. The zero-order valence-corrected chi connectivity index (χ0v) is 23.0. The van der Waals surface area contributed by atoms with Gasteiger partial charge < -0.3 is 25.3 Å². The molecule has 2 aliphatic rings. The first-order chi connectivity index (χ1) is 18.3. The second-order valence-corrected chi connectivity index (χ2v) is 11.2. The number of hydrogen-bond acceptors (Lipinski definition) is 8. The van der Waals surface area contributed by atoms with E-state index in [4.69, 9.17) is 32.0 Å². The summed E-state index contributed by atoms with van der Waals surface area (Å²) in [4.78, 5) is 44.2. The van der Waals surface area contributed by atoms with Crippen molar-refractivity contribution in [2.45, 2.75) is 21.6 Å². The van der Waals surface area contributed by atoms with E-state index in [1.807, 2.05) is 6.07 Å². The van der Waals surface area contributed by atoms with Gasteiger partial charge in [0, 0.05) is 61.4 Å². The lowest BCUT2D eigenvalue weighted by Gasteiger charge is -2.38. The fourth-order valence-electron chi connectivity index (χ4n) is 3.62. The first kappa shape index (κ1) is 32.0. The maximum atomic E-state index is 13.7. The highest BCUT2D eigenvalue weighted by Crippen LogP contribution is 2.48. The molecule has 1 unspecified atom stereocenters. The Bertz CT molecular complexity index is 1190. The Kier molecular flexibility index (Phi) is 12.6. The van der Waals surface area contributed by atoms with Crippen LogP contribution in [-0.4, -0.2) is 87.3 Å². The number of thiophene rings is 1. The molecule has 1 saturated heterocycles. The number of carboxylic acids is 4. The van der Waals surface area contributed by atoms with E-state index in [-0.39, 0.29) is 5.82 Å². The quantitative estimate of drug-likeness (QED) is 0.368. The largest absolute Gasteiger partial charge is 0.478 e. The summed E-state index contributed by atoms with van der Waals surface area (Å²) in [7, 11) is 2.17. The molecular formula is C25H26ClFN2O8S2. The lowest BCUT2D eigenvalue weighted by molar-refractivity contribution is -0.134. The minimum atomic E-state index is -1.26. The molecule has 3 heterocycles. The van der Waals surface area contributed by atoms with E-state index in [0.717, 1.165) is 41.8 Å². The molecule has 0 bridgehead atoms. The van der Waals surface area contributed by atoms with Gasteiger partial charge in [0.25, 0.3) is 0 Å². The number of hydrogen-bond donors (Lipinski definition) is 4. The summed E-state index contributed by atoms with van der Waals surface area (Å²) in [5, 5.41) is 31.2. The molecule has 0 aliphatic carbocycles. The molecule has 39 heavy (non-hydrogen) atoms. The Labute approximate surface area is 236 Å². The van der Waals surface area contributed by atoms with Crippen molar-refractivity contribution in [1.29, 1.82) is 0 Å². The normalized spacial score (nSPS) is 17.2. The van der Waals surface area contributed by atoms with Crippen LogP contribution in [0.1, 0.15) is 17.2 Å². The van der Waals surface area contributed by atoms with Gasteiger partial charge >= 0.3 is 23.9 Å². The van der Waals surface area contributed by atoms with E-state index in [1.165, 1.54) is 15.3 Å². The Morgan fingerprint density at radius 3 is 1.90 bits per heavy atom. The number of halogens is 2. The highest BCUT2D eigenvalue weighted by Gasteiger charge is 2.31. The molecule has 1 aromatic carbocycles. The van der Waals surface area contributed by atoms with Gasteiger partial charge in [-0.05, 0) is 42.8 Å². The van der Waals surface area contributed by atoms with E-state index in [1.54, 1.807) is 35.2 Å². The van der Waals surface area contributed by atoms with Crippen molar-refractivity contribution in [3.05, 3.63) is 69.9 Å². The molecule has 0 saturated carbocycles. The molecule has 14 heteroatoms. The fourth-order valence-corrected chi connectivity index (χ4v) is 6.46.